The summed E-state index contributed by atoms with van der Waals surface area (Å²) in [6, 6.07) is 6.40. The second-order valence-electron chi connectivity index (χ2n) is 7.54. The van der Waals surface area contributed by atoms with Crippen molar-refractivity contribution in [3.8, 4) is 0 Å². The molecule has 2 aromatic rings. The standard InChI is InChI=1S/C21H27N5O4/c27-18(9-12-26-11-2-1-3-20(26)29)25-16-6-4-15(5-7-16)21(30)22-10-8-17-13-19(28)24-14-23-17/h1-3,11,13-16H,4-10,12H2,(H,22,30)(H,25,27)(H,23,24,28). The van der Waals surface area contributed by atoms with E-state index < -0.39 is 0 Å². The molecule has 1 fully saturated rings. The molecule has 0 aliphatic heterocycles. The van der Waals surface area contributed by atoms with Crippen LogP contribution in [-0.4, -0.2) is 38.9 Å². The predicted octanol–water partition coefficient (Wildman–Crippen LogP) is 0.356. The molecule has 0 bridgehead atoms. The first-order valence-electron chi connectivity index (χ1n) is 10.3. The molecule has 0 saturated heterocycles. The number of rotatable bonds is 8. The largest absolute Gasteiger partial charge is 0.355 e. The summed E-state index contributed by atoms with van der Waals surface area (Å²) in [7, 11) is 0. The minimum Gasteiger partial charge on any atom is -0.355 e. The fraction of sp³-hybridized carbons (Fsp3) is 0.476. The Morgan fingerprint density at radius 1 is 1.17 bits per heavy atom. The molecule has 30 heavy (non-hydrogen) atoms. The lowest BCUT2D eigenvalue weighted by atomic mass is 9.85. The molecule has 2 aromatic heterocycles. The smallest absolute Gasteiger partial charge is 0.250 e. The van der Waals surface area contributed by atoms with Crippen LogP contribution in [-0.2, 0) is 22.6 Å². The minimum atomic E-state index is -0.206. The van der Waals surface area contributed by atoms with Crippen LogP contribution in [0.3, 0.4) is 0 Å². The highest BCUT2D eigenvalue weighted by atomic mass is 16.2. The summed E-state index contributed by atoms with van der Waals surface area (Å²) in [6.07, 6.45) is 6.73. The van der Waals surface area contributed by atoms with Crippen LogP contribution in [0.4, 0.5) is 0 Å². The van der Waals surface area contributed by atoms with E-state index in [-0.39, 0.29) is 41.3 Å². The minimum absolute atomic E-state index is 0.00747. The van der Waals surface area contributed by atoms with E-state index in [0.717, 1.165) is 25.7 Å². The van der Waals surface area contributed by atoms with Crippen LogP contribution in [0.2, 0.25) is 0 Å². The van der Waals surface area contributed by atoms with Crippen LogP contribution in [0.1, 0.15) is 37.8 Å². The molecular formula is C21H27N5O4. The van der Waals surface area contributed by atoms with Crippen molar-refractivity contribution in [3.63, 3.8) is 0 Å². The van der Waals surface area contributed by atoms with E-state index in [1.165, 1.54) is 23.0 Å². The summed E-state index contributed by atoms with van der Waals surface area (Å²) < 4.78 is 1.52. The Morgan fingerprint density at radius 2 is 1.97 bits per heavy atom. The van der Waals surface area contributed by atoms with E-state index >= 15 is 0 Å². The molecule has 3 rings (SSSR count). The zero-order chi connectivity index (χ0) is 21.3. The fourth-order valence-corrected chi connectivity index (χ4v) is 3.67. The normalized spacial score (nSPS) is 18.5. The Morgan fingerprint density at radius 3 is 2.70 bits per heavy atom. The van der Waals surface area contributed by atoms with Gasteiger partial charge in [0.1, 0.15) is 0 Å². The van der Waals surface area contributed by atoms with Crippen LogP contribution in [0.25, 0.3) is 0 Å². The van der Waals surface area contributed by atoms with E-state index in [1.54, 1.807) is 18.3 Å². The van der Waals surface area contributed by atoms with Crippen LogP contribution in [0.5, 0.6) is 0 Å². The number of carbonyl (C=O) groups excluding carboxylic acids is 2. The van der Waals surface area contributed by atoms with Crippen LogP contribution < -0.4 is 21.8 Å². The summed E-state index contributed by atoms with van der Waals surface area (Å²) in [5.74, 6) is -0.134. The van der Waals surface area contributed by atoms with Gasteiger partial charge in [-0.05, 0) is 31.7 Å². The lowest BCUT2D eigenvalue weighted by molar-refractivity contribution is -0.126. The maximum atomic E-state index is 12.4. The number of pyridine rings is 1. The highest BCUT2D eigenvalue weighted by Gasteiger charge is 2.26. The maximum Gasteiger partial charge on any atom is 0.250 e. The van der Waals surface area contributed by atoms with Crippen molar-refractivity contribution in [3.05, 3.63) is 63.2 Å². The van der Waals surface area contributed by atoms with E-state index in [2.05, 4.69) is 20.6 Å². The average Bonchev–Trinajstić information content (AvgIpc) is 2.74. The zero-order valence-corrected chi connectivity index (χ0v) is 16.8. The van der Waals surface area contributed by atoms with Gasteiger partial charge in [-0.3, -0.25) is 19.2 Å². The third kappa shape index (κ3) is 6.40. The lowest BCUT2D eigenvalue weighted by Crippen LogP contribution is -2.41. The number of aromatic amines is 1. The maximum absolute atomic E-state index is 12.4. The number of hydrogen-bond donors (Lipinski definition) is 3. The van der Waals surface area contributed by atoms with Gasteiger partial charge in [0.25, 0.3) is 11.1 Å². The van der Waals surface area contributed by atoms with Gasteiger partial charge in [-0.15, -0.1) is 0 Å². The number of amides is 2. The molecule has 1 aliphatic rings. The van der Waals surface area contributed by atoms with Crippen molar-refractivity contribution in [1.29, 1.82) is 0 Å². The van der Waals surface area contributed by atoms with Crippen molar-refractivity contribution in [2.75, 3.05) is 6.54 Å². The highest BCUT2D eigenvalue weighted by Crippen LogP contribution is 2.24. The van der Waals surface area contributed by atoms with Gasteiger partial charge in [0.15, 0.2) is 0 Å². The van der Waals surface area contributed by atoms with Gasteiger partial charge >= 0.3 is 0 Å². The summed E-state index contributed by atoms with van der Waals surface area (Å²) >= 11 is 0. The van der Waals surface area contributed by atoms with Gasteiger partial charge in [-0.1, -0.05) is 6.07 Å². The second-order valence-corrected chi connectivity index (χ2v) is 7.54. The van der Waals surface area contributed by atoms with Gasteiger partial charge in [0, 0.05) is 61.9 Å². The van der Waals surface area contributed by atoms with E-state index in [4.69, 9.17) is 0 Å². The van der Waals surface area contributed by atoms with E-state index in [9.17, 15) is 19.2 Å². The Hall–Kier alpha value is -3.23. The molecule has 9 heteroatoms. The highest BCUT2D eigenvalue weighted by molar-refractivity contribution is 5.79. The quantitative estimate of drug-likeness (QED) is 0.576. The van der Waals surface area contributed by atoms with Gasteiger partial charge in [-0.2, -0.15) is 0 Å². The average molecular weight is 413 g/mol. The van der Waals surface area contributed by atoms with E-state index in [0.29, 0.717) is 25.2 Å². The Labute approximate surface area is 173 Å². The first-order valence-corrected chi connectivity index (χ1v) is 10.3. The molecule has 0 aromatic carbocycles. The lowest BCUT2D eigenvalue weighted by Gasteiger charge is -2.28. The van der Waals surface area contributed by atoms with E-state index in [1.807, 2.05) is 0 Å². The molecule has 160 valence electrons. The number of aryl methyl sites for hydroxylation is 1. The summed E-state index contributed by atoms with van der Waals surface area (Å²) in [5.41, 5.74) is 0.317. The first-order chi connectivity index (χ1) is 14.5. The Bertz CT molecular complexity index is 975. The molecule has 0 unspecified atom stereocenters. The monoisotopic (exact) mass is 413 g/mol. The number of hydrogen-bond acceptors (Lipinski definition) is 5. The summed E-state index contributed by atoms with van der Waals surface area (Å²) in [5, 5.41) is 5.92. The van der Waals surface area contributed by atoms with Gasteiger partial charge < -0.3 is 20.2 Å². The number of H-pyrrole nitrogens is 1. The van der Waals surface area contributed by atoms with Crippen molar-refractivity contribution in [1.82, 2.24) is 25.2 Å². The van der Waals surface area contributed by atoms with Crippen molar-refractivity contribution in [2.45, 2.75) is 51.1 Å². The molecule has 0 radical (unpaired) electrons. The van der Waals surface area contributed by atoms with Crippen LogP contribution in [0.15, 0.2) is 46.4 Å². The predicted molar refractivity (Wildman–Crippen MR) is 111 cm³/mol. The number of carbonyl (C=O) groups is 2. The summed E-state index contributed by atoms with van der Waals surface area (Å²) in [6.45, 7) is 0.788. The van der Waals surface area contributed by atoms with Crippen molar-refractivity contribution >= 4 is 11.8 Å². The number of nitrogens with one attached hydrogen (secondary N) is 3. The van der Waals surface area contributed by atoms with Crippen LogP contribution in [0, 0.1) is 5.92 Å². The molecule has 1 saturated carbocycles. The fourth-order valence-electron chi connectivity index (χ4n) is 3.67. The third-order valence-corrected chi connectivity index (χ3v) is 5.36. The molecule has 2 heterocycles. The first kappa shape index (κ1) is 21.5. The summed E-state index contributed by atoms with van der Waals surface area (Å²) in [4.78, 5) is 54.0. The SMILES string of the molecule is O=C(CCn1ccccc1=O)NC1CCC(C(=O)NCCc2cc(=O)[nH]cn2)CC1. The third-order valence-electron chi connectivity index (χ3n) is 5.36. The van der Waals surface area contributed by atoms with Crippen LogP contribution >= 0.6 is 0 Å². The molecule has 0 atom stereocenters. The molecule has 0 spiro atoms. The molecule has 2 amide bonds. The molecule has 9 nitrogen and oxygen atoms in total. The van der Waals surface area contributed by atoms with Gasteiger partial charge in [0.2, 0.25) is 11.8 Å². The molecule has 1 aliphatic carbocycles. The Kier molecular flexibility index (Phi) is 7.53. The number of nitrogens with zero attached hydrogens (tertiary/aromatic N) is 2. The van der Waals surface area contributed by atoms with Gasteiger partial charge in [-0.25, -0.2) is 4.98 Å². The number of aromatic nitrogens is 3. The topological polar surface area (TPSA) is 126 Å². The zero-order valence-electron chi connectivity index (χ0n) is 16.8. The van der Waals surface area contributed by atoms with Crippen molar-refractivity contribution < 1.29 is 9.59 Å². The van der Waals surface area contributed by atoms with Crippen molar-refractivity contribution in [2.24, 2.45) is 5.92 Å². The molecule has 3 N–H and O–H groups in total. The molecular weight excluding hydrogens is 386 g/mol. The Balaban J connectivity index is 1.34. The van der Waals surface area contributed by atoms with Gasteiger partial charge in [0.05, 0.1) is 6.33 Å². The second kappa shape index (κ2) is 10.5.